The highest BCUT2D eigenvalue weighted by atomic mass is 35.5. The van der Waals surface area contributed by atoms with Gasteiger partial charge in [-0.1, -0.05) is 23.7 Å². The quantitative estimate of drug-likeness (QED) is 0.719. The molecule has 0 aliphatic carbocycles. The second-order valence-corrected chi connectivity index (χ2v) is 6.20. The van der Waals surface area contributed by atoms with Gasteiger partial charge >= 0.3 is 0 Å². The van der Waals surface area contributed by atoms with Crippen LogP contribution in [0, 0.1) is 6.92 Å². The lowest BCUT2D eigenvalue weighted by molar-refractivity contribution is 0.101. The molecule has 1 aromatic heterocycles. The molecule has 2 N–H and O–H groups in total. The summed E-state index contributed by atoms with van der Waals surface area (Å²) in [6.45, 7) is 1.87. The Bertz CT molecular complexity index is 1080. The fourth-order valence-electron chi connectivity index (χ4n) is 2.51. The van der Waals surface area contributed by atoms with Gasteiger partial charge in [-0.15, -0.1) is 0 Å². The van der Waals surface area contributed by atoms with Crippen LogP contribution in [0.2, 0.25) is 5.02 Å². The van der Waals surface area contributed by atoms with E-state index >= 15 is 0 Å². The Morgan fingerprint density at radius 1 is 1.22 bits per heavy atom. The summed E-state index contributed by atoms with van der Waals surface area (Å²) in [5.74, 6) is -0.851. The number of benzene rings is 2. The van der Waals surface area contributed by atoms with E-state index in [1.807, 2.05) is 13.0 Å². The summed E-state index contributed by atoms with van der Waals surface area (Å²) < 4.78 is 6.23. The minimum absolute atomic E-state index is 0.307. The summed E-state index contributed by atoms with van der Waals surface area (Å²) >= 11 is 5.96. The normalized spacial score (nSPS) is 10.5. The van der Waals surface area contributed by atoms with E-state index in [4.69, 9.17) is 16.3 Å². The maximum Gasteiger partial charge on any atom is 0.280 e. The van der Waals surface area contributed by atoms with Crippen molar-refractivity contribution in [1.29, 1.82) is 0 Å². The van der Waals surface area contributed by atoms with Crippen molar-refractivity contribution < 1.29 is 14.6 Å². The monoisotopic (exact) mass is 385 g/mol. The zero-order valence-electron chi connectivity index (χ0n) is 14.6. The molecule has 0 atom stereocenters. The highest BCUT2D eigenvalue weighted by Gasteiger charge is 2.18. The molecule has 2 aromatic carbocycles. The van der Waals surface area contributed by atoms with E-state index in [2.05, 4.69) is 10.4 Å². The van der Waals surface area contributed by atoms with E-state index in [1.54, 1.807) is 30.3 Å². The van der Waals surface area contributed by atoms with Crippen molar-refractivity contribution in [1.82, 2.24) is 9.78 Å². The van der Waals surface area contributed by atoms with Crippen LogP contribution in [0.1, 0.15) is 16.1 Å². The molecule has 0 fully saturated rings. The molecular formula is C19H16ClN3O4. The van der Waals surface area contributed by atoms with Crippen LogP contribution in [0.4, 0.5) is 5.69 Å². The Balaban J connectivity index is 2.02. The summed E-state index contributed by atoms with van der Waals surface area (Å²) in [6.07, 6.45) is 0. The number of aromatic hydroxyl groups is 1. The van der Waals surface area contributed by atoms with Crippen molar-refractivity contribution in [3.63, 3.8) is 0 Å². The van der Waals surface area contributed by atoms with Crippen LogP contribution < -0.4 is 15.6 Å². The van der Waals surface area contributed by atoms with Crippen LogP contribution in [-0.2, 0) is 0 Å². The fraction of sp³-hybridized carbons (Fsp3) is 0.105. The molecule has 7 nitrogen and oxygen atoms in total. The third kappa shape index (κ3) is 3.93. The molecule has 138 valence electrons. The van der Waals surface area contributed by atoms with Gasteiger partial charge in [-0.2, -0.15) is 9.78 Å². The minimum Gasteiger partial charge on any atom is -0.505 e. The van der Waals surface area contributed by atoms with Gasteiger partial charge in [-0.05, 0) is 42.8 Å². The first-order chi connectivity index (χ1) is 12.9. The minimum atomic E-state index is -0.713. The number of amides is 1. The average Bonchev–Trinajstić information content (AvgIpc) is 2.62. The number of methoxy groups -OCH3 is 1. The average molecular weight is 386 g/mol. The first-order valence-electron chi connectivity index (χ1n) is 7.94. The lowest BCUT2D eigenvalue weighted by atomic mass is 10.2. The van der Waals surface area contributed by atoms with E-state index in [0.29, 0.717) is 22.1 Å². The number of ether oxygens (including phenoxy) is 1. The van der Waals surface area contributed by atoms with Gasteiger partial charge in [0.25, 0.3) is 11.5 Å². The van der Waals surface area contributed by atoms with E-state index in [-0.39, 0.29) is 5.69 Å². The molecule has 1 amide bonds. The fourth-order valence-corrected chi connectivity index (χ4v) is 2.68. The smallest absolute Gasteiger partial charge is 0.280 e. The Morgan fingerprint density at radius 3 is 2.70 bits per heavy atom. The molecule has 0 spiro atoms. The Labute approximate surface area is 159 Å². The van der Waals surface area contributed by atoms with Crippen LogP contribution in [0.15, 0.2) is 53.3 Å². The van der Waals surface area contributed by atoms with Gasteiger partial charge in [0.1, 0.15) is 5.75 Å². The molecular weight excluding hydrogens is 370 g/mol. The third-order valence-electron chi connectivity index (χ3n) is 3.78. The lowest BCUT2D eigenvalue weighted by Gasteiger charge is -2.12. The van der Waals surface area contributed by atoms with Crippen molar-refractivity contribution in [3.05, 3.63) is 75.2 Å². The van der Waals surface area contributed by atoms with Crippen molar-refractivity contribution in [2.24, 2.45) is 0 Å². The van der Waals surface area contributed by atoms with Crippen molar-refractivity contribution >= 4 is 23.2 Å². The number of halogens is 1. The Morgan fingerprint density at radius 2 is 2.00 bits per heavy atom. The lowest BCUT2D eigenvalue weighted by Crippen LogP contribution is -2.25. The second-order valence-electron chi connectivity index (χ2n) is 5.77. The highest BCUT2D eigenvalue weighted by Crippen LogP contribution is 2.28. The molecule has 0 aliphatic heterocycles. The van der Waals surface area contributed by atoms with E-state index < -0.39 is 17.2 Å². The molecule has 0 saturated carbocycles. The largest absolute Gasteiger partial charge is 0.505 e. The van der Waals surface area contributed by atoms with Gasteiger partial charge in [0.15, 0.2) is 11.4 Å². The summed E-state index contributed by atoms with van der Waals surface area (Å²) in [4.78, 5) is 24.8. The van der Waals surface area contributed by atoms with Gasteiger partial charge in [-0.3, -0.25) is 9.59 Å². The van der Waals surface area contributed by atoms with Crippen LogP contribution in [-0.4, -0.2) is 27.9 Å². The zero-order chi connectivity index (χ0) is 19.6. The molecule has 1 heterocycles. The van der Waals surface area contributed by atoms with Crippen molar-refractivity contribution in [2.75, 3.05) is 12.4 Å². The number of nitrogens with one attached hydrogen (secondary N) is 1. The number of aryl methyl sites for hydroxylation is 1. The van der Waals surface area contributed by atoms with Crippen LogP contribution in [0.5, 0.6) is 11.5 Å². The number of carbonyl (C=O) groups excluding carboxylic acids is 1. The van der Waals surface area contributed by atoms with Gasteiger partial charge in [-0.25, -0.2) is 0 Å². The highest BCUT2D eigenvalue weighted by molar-refractivity contribution is 6.31. The molecule has 3 rings (SSSR count). The van der Waals surface area contributed by atoms with Crippen LogP contribution in [0.25, 0.3) is 5.69 Å². The molecule has 0 unspecified atom stereocenters. The van der Waals surface area contributed by atoms with Gasteiger partial charge in [0.05, 0.1) is 18.5 Å². The number of hydrogen-bond acceptors (Lipinski definition) is 5. The SMILES string of the molecule is COc1ccc(Cl)cc1NC(=O)c1nn(-c2cccc(C)c2)c(=O)cc1O. The van der Waals surface area contributed by atoms with Gasteiger partial charge < -0.3 is 15.2 Å². The second kappa shape index (κ2) is 7.51. The third-order valence-corrected chi connectivity index (χ3v) is 4.02. The van der Waals surface area contributed by atoms with E-state index in [9.17, 15) is 14.7 Å². The number of carbonyl (C=O) groups is 1. The predicted molar refractivity (Wildman–Crippen MR) is 102 cm³/mol. The van der Waals surface area contributed by atoms with Crippen LogP contribution in [0.3, 0.4) is 0 Å². The maximum absolute atomic E-state index is 12.6. The zero-order valence-corrected chi connectivity index (χ0v) is 15.3. The van der Waals surface area contributed by atoms with Crippen LogP contribution >= 0.6 is 11.6 Å². The molecule has 0 aliphatic rings. The number of hydrogen-bond donors (Lipinski definition) is 2. The van der Waals surface area contributed by atoms with Crippen molar-refractivity contribution in [3.8, 4) is 17.2 Å². The first-order valence-corrected chi connectivity index (χ1v) is 8.32. The first kappa shape index (κ1) is 18.5. The summed E-state index contributed by atoms with van der Waals surface area (Å²) in [7, 11) is 1.45. The predicted octanol–water partition coefficient (Wildman–Crippen LogP) is 3.16. The summed E-state index contributed by atoms with van der Waals surface area (Å²) in [5, 5.41) is 17.1. The van der Waals surface area contributed by atoms with Crippen molar-refractivity contribution in [2.45, 2.75) is 6.92 Å². The summed E-state index contributed by atoms with van der Waals surface area (Å²) in [6, 6.07) is 12.7. The Kier molecular flexibility index (Phi) is 5.14. The maximum atomic E-state index is 12.6. The molecule has 0 radical (unpaired) electrons. The standard InChI is InChI=1S/C19H16ClN3O4/c1-11-4-3-5-13(8-11)23-17(25)10-15(24)18(22-23)19(26)21-14-9-12(20)6-7-16(14)27-2/h3-10,24H,1-2H3,(H,21,26). The molecule has 0 bridgehead atoms. The number of rotatable bonds is 4. The number of aromatic nitrogens is 2. The molecule has 0 saturated heterocycles. The Hall–Kier alpha value is -3.32. The number of nitrogens with zero attached hydrogens (tertiary/aromatic N) is 2. The molecule has 27 heavy (non-hydrogen) atoms. The van der Waals surface area contributed by atoms with E-state index in [1.165, 1.54) is 13.2 Å². The number of anilines is 1. The van der Waals surface area contributed by atoms with Gasteiger partial charge in [0, 0.05) is 11.1 Å². The topological polar surface area (TPSA) is 93.5 Å². The summed E-state index contributed by atoms with van der Waals surface area (Å²) in [5.41, 5.74) is 0.843. The molecule has 3 aromatic rings. The molecule has 8 heteroatoms. The van der Waals surface area contributed by atoms with Gasteiger partial charge in [0.2, 0.25) is 0 Å². The van der Waals surface area contributed by atoms with E-state index in [0.717, 1.165) is 16.3 Å².